The summed E-state index contributed by atoms with van der Waals surface area (Å²) in [4.78, 5) is 23.9. The zero-order valence-corrected chi connectivity index (χ0v) is 20.1. The first-order chi connectivity index (χ1) is 16.3. The molecule has 1 aromatic carbocycles. The maximum atomic E-state index is 12.3. The number of nitrogens with zero attached hydrogens (tertiary/aromatic N) is 6. The van der Waals surface area contributed by atoms with E-state index >= 15 is 0 Å². The highest BCUT2D eigenvalue weighted by Crippen LogP contribution is 2.38. The predicted molar refractivity (Wildman–Crippen MR) is 130 cm³/mol. The van der Waals surface area contributed by atoms with Crippen molar-refractivity contribution < 1.29 is 9.53 Å². The molecule has 2 aromatic heterocycles. The minimum absolute atomic E-state index is 0.186. The third-order valence-electron chi connectivity index (χ3n) is 6.63. The summed E-state index contributed by atoms with van der Waals surface area (Å²) in [6, 6.07) is 6.62. The smallest absolute Gasteiger partial charge is 0.226 e. The molecule has 0 spiro atoms. The van der Waals surface area contributed by atoms with E-state index in [1.54, 1.807) is 6.33 Å². The number of carbonyl (C=O) groups excluding carboxylic acids is 1. The average Bonchev–Trinajstić information content (AvgIpc) is 3.43. The van der Waals surface area contributed by atoms with Gasteiger partial charge in [-0.15, -0.1) is 0 Å². The summed E-state index contributed by atoms with van der Waals surface area (Å²) >= 11 is 0. The van der Waals surface area contributed by atoms with Gasteiger partial charge in [0.25, 0.3) is 0 Å². The first-order valence-corrected chi connectivity index (χ1v) is 11.8. The Labute approximate surface area is 199 Å². The van der Waals surface area contributed by atoms with Gasteiger partial charge in [0, 0.05) is 31.4 Å². The summed E-state index contributed by atoms with van der Waals surface area (Å²) < 4.78 is 10.1. The van der Waals surface area contributed by atoms with Crippen molar-refractivity contribution in [3.05, 3.63) is 42.4 Å². The fourth-order valence-electron chi connectivity index (χ4n) is 4.73. The van der Waals surface area contributed by atoms with Crippen molar-refractivity contribution in [2.75, 3.05) is 19.7 Å². The van der Waals surface area contributed by atoms with Crippen LogP contribution in [-0.2, 0) is 11.3 Å². The Morgan fingerprint density at radius 3 is 2.74 bits per heavy atom. The molecular weight excluding hydrogens is 430 g/mol. The van der Waals surface area contributed by atoms with E-state index in [9.17, 15) is 4.79 Å². The van der Waals surface area contributed by atoms with Gasteiger partial charge in [-0.2, -0.15) is 5.10 Å². The van der Waals surface area contributed by atoms with Crippen LogP contribution in [0, 0.1) is 5.92 Å². The van der Waals surface area contributed by atoms with Crippen LogP contribution < -0.4 is 10.5 Å². The van der Waals surface area contributed by atoms with Gasteiger partial charge in [0.1, 0.15) is 30.2 Å². The molecule has 2 aliphatic rings. The Bertz CT molecular complexity index is 1250. The molecule has 1 amide bonds. The molecule has 3 aromatic rings. The average molecular weight is 462 g/mol. The number of rotatable bonds is 5. The number of hydrogen-bond acceptors (Lipinski definition) is 6. The highest BCUT2D eigenvalue weighted by atomic mass is 16.5. The van der Waals surface area contributed by atoms with E-state index in [0.29, 0.717) is 25.7 Å². The molecule has 0 saturated carbocycles. The lowest BCUT2D eigenvalue weighted by molar-refractivity contribution is -0.120. The maximum absolute atomic E-state index is 12.3. The molecule has 0 bridgehead atoms. The van der Waals surface area contributed by atoms with Crippen molar-refractivity contribution in [2.24, 2.45) is 11.7 Å². The minimum atomic E-state index is -0.351. The molecule has 0 saturated heterocycles. The minimum Gasteiger partial charge on any atom is -0.491 e. The van der Waals surface area contributed by atoms with Crippen LogP contribution in [0.2, 0.25) is 0 Å². The molecule has 5 rings (SSSR count). The van der Waals surface area contributed by atoms with E-state index in [-0.39, 0.29) is 17.9 Å². The molecule has 9 heteroatoms. The summed E-state index contributed by atoms with van der Waals surface area (Å²) in [5, 5.41) is 4.35. The molecule has 34 heavy (non-hydrogen) atoms. The van der Waals surface area contributed by atoms with Gasteiger partial charge in [-0.25, -0.2) is 14.6 Å². The van der Waals surface area contributed by atoms with Gasteiger partial charge in [-0.1, -0.05) is 12.1 Å². The highest BCUT2D eigenvalue weighted by molar-refractivity contribution is 5.92. The molecule has 2 aliphatic heterocycles. The van der Waals surface area contributed by atoms with Gasteiger partial charge >= 0.3 is 0 Å². The number of amides is 1. The maximum Gasteiger partial charge on any atom is 0.226 e. The van der Waals surface area contributed by atoms with Crippen LogP contribution in [0.5, 0.6) is 5.75 Å². The Hall–Kier alpha value is -3.46. The standard InChI is InChI=1S/C25H31N7O2/c1-15(2)30-8-7-18(20(12-30)23(26)33)17-5-6-19-22(11-17)34-10-9-31-13-21(29-24(19)31)25-27-14-28-32(25)16(3)4/h5-7,11,13-16,20H,8-10,12H2,1-4H3,(H2,26,33). The Balaban J connectivity index is 1.52. The van der Waals surface area contributed by atoms with E-state index in [0.717, 1.165) is 46.3 Å². The number of fused-ring (bicyclic) bond motifs is 3. The van der Waals surface area contributed by atoms with Gasteiger partial charge in [0.2, 0.25) is 5.91 Å². The second-order valence-electron chi connectivity index (χ2n) is 9.49. The molecule has 4 heterocycles. The number of benzene rings is 1. The molecule has 2 N–H and O–H groups in total. The van der Waals surface area contributed by atoms with Gasteiger partial charge in [-0.3, -0.25) is 9.69 Å². The first kappa shape index (κ1) is 22.3. The largest absolute Gasteiger partial charge is 0.491 e. The van der Waals surface area contributed by atoms with Crippen LogP contribution >= 0.6 is 0 Å². The molecule has 1 atom stereocenters. The normalized spacial score (nSPS) is 18.3. The van der Waals surface area contributed by atoms with E-state index < -0.39 is 0 Å². The van der Waals surface area contributed by atoms with Crippen LogP contribution in [0.25, 0.3) is 28.5 Å². The van der Waals surface area contributed by atoms with Gasteiger partial charge < -0.3 is 15.0 Å². The number of imidazole rings is 1. The van der Waals surface area contributed by atoms with E-state index in [2.05, 4.69) is 53.3 Å². The van der Waals surface area contributed by atoms with Crippen LogP contribution in [0.4, 0.5) is 0 Å². The summed E-state index contributed by atoms with van der Waals surface area (Å²) in [5.74, 6) is 1.69. The number of nitrogens with two attached hydrogens (primary N) is 1. The molecule has 0 fully saturated rings. The number of hydrogen-bond donors (Lipinski definition) is 1. The third-order valence-corrected chi connectivity index (χ3v) is 6.63. The lowest BCUT2D eigenvalue weighted by Crippen LogP contribution is -2.43. The number of ether oxygens (including phenoxy) is 1. The zero-order valence-electron chi connectivity index (χ0n) is 20.1. The lowest BCUT2D eigenvalue weighted by atomic mass is 9.87. The van der Waals surface area contributed by atoms with Crippen LogP contribution in [-0.4, -0.2) is 60.9 Å². The van der Waals surface area contributed by atoms with Crippen molar-refractivity contribution in [3.8, 4) is 28.7 Å². The van der Waals surface area contributed by atoms with Crippen LogP contribution in [0.3, 0.4) is 0 Å². The monoisotopic (exact) mass is 461 g/mol. The highest BCUT2D eigenvalue weighted by Gasteiger charge is 2.30. The number of carbonyl (C=O) groups is 1. The van der Waals surface area contributed by atoms with Crippen molar-refractivity contribution in [1.29, 1.82) is 0 Å². The lowest BCUT2D eigenvalue weighted by Gasteiger charge is -2.34. The summed E-state index contributed by atoms with van der Waals surface area (Å²) in [5.41, 5.74) is 9.44. The van der Waals surface area contributed by atoms with Crippen molar-refractivity contribution in [1.82, 2.24) is 29.2 Å². The SMILES string of the molecule is CC(C)N1CC=C(c2ccc3c(c2)OCCn2cc(-c4ncnn4C(C)C)nc2-3)C(C(N)=O)C1. The topological polar surface area (TPSA) is 104 Å². The molecule has 1 unspecified atom stereocenters. The summed E-state index contributed by atoms with van der Waals surface area (Å²) in [6.07, 6.45) is 5.70. The summed E-state index contributed by atoms with van der Waals surface area (Å²) in [7, 11) is 0. The third kappa shape index (κ3) is 3.90. The second-order valence-corrected chi connectivity index (χ2v) is 9.49. The van der Waals surface area contributed by atoms with Gasteiger partial charge in [0.05, 0.1) is 18.0 Å². The van der Waals surface area contributed by atoms with Crippen LogP contribution in [0.15, 0.2) is 36.8 Å². The Kier molecular flexibility index (Phi) is 5.73. The zero-order chi connectivity index (χ0) is 24.0. The molecule has 0 radical (unpaired) electrons. The first-order valence-electron chi connectivity index (χ1n) is 11.8. The molecular formula is C25H31N7O2. The van der Waals surface area contributed by atoms with E-state index in [4.69, 9.17) is 15.5 Å². The van der Waals surface area contributed by atoms with Crippen molar-refractivity contribution in [2.45, 2.75) is 46.3 Å². The number of primary amides is 1. The fraction of sp³-hybridized carbons (Fsp3) is 0.440. The summed E-state index contributed by atoms with van der Waals surface area (Å²) in [6.45, 7) is 11.0. The molecule has 178 valence electrons. The molecule has 0 aliphatic carbocycles. The quantitative estimate of drug-likeness (QED) is 0.626. The Morgan fingerprint density at radius 1 is 1.18 bits per heavy atom. The molecule has 9 nitrogen and oxygen atoms in total. The van der Waals surface area contributed by atoms with Crippen LogP contribution in [0.1, 0.15) is 39.3 Å². The van der Waals surface area contributed by atoms with Crippen molar-refractivity contribution in [3.63, 3.8) is 0 Å². The van der Waals surface area contributed by atoms with E-state index in [1.807, 2.05) is 29.1 Å². The predicted octanol–water partition coefficient (Wildman–Crippen LogP) is 2.99. The second kappa shape index (κ2) is 8.72. The van der Waals surface area contributed by atoms with Gasteiger partial charge in [-0.05, 0) is 51.0 Å². The van der Waals surface area contributed by atoms with Gasteiger partial charge in [0.15, 0.2) is 5.82 Å². The number of aromatic nitrogens is 5. The Morgan fingerprint density at radius 2 is 2.00 bits per heavy atom. The fourth-order valence-corrected chi connectivity index (χ4v) is 4.73. The van der Waals surface area contributed by atoms with Crippen molar-refractivity contribution >= 4 is 11.5 Å². The van der Waals surface area contributed by atoms with E-state index in [1.165, 1.54) is 0 Å².